The molecule has 1 aliphatic rings. The molecule has 6 nitrogen and oxygen atoms in total. The number of piperazine rings is 1. The van der Waals surface area contributed by atoms with Gasteiger partial charge in [0.1, 0.15) is 0 Å². The lowest BCUT2D eigenvalue weighted by molar-refractivity contribution is -0.131. The van der Waals surface area contributed by atoms with Crippen molar-refractivity contribution in [3.05, 3.63) is 54.1 Å². The molecule has 0 aromatic heterocycles. The van der Waals surface area contributed by atoms with Crippen molar-refractivity contribution in [2.75, 3.05) is 41.7 Å². The van der Waals surface area contributed by atoms with Crippen LogP contribution in [0.3, 0.4) is 0 Å². The smallest absolute Gasteiger partial charge is 0.323 e. The molecule has 1 heterocycles. The number of nitrogens with zero attached hydrogens (tertiary/aromatic N) is 2. The Labute approximate surface area is 192 Å². The minimum atomic E-state index is -0.261. The zero-order chi connectivity index (χ0) is 22.8. The first kappa shape index (κ1) is 23.6. The molecule has 0 bridgehead atoms. The average molecular weight is 437 g/mol. The van der Waals surface area contributed by atoms with Gasteiger partial charge in [0.25, 0.3) is 0 Å². The third-order valence-electron chi connectivity index (χ3n) is 5.93. The van der Waals surface area contributed by atoms with Gasteiger partial charge in [-0.3, -0.25) is 4.79 Å². The van der Waals surface area contributed by atoms with Crippen LogP contribution in [0.4, 0.5) is 21.9 Å². The zero-order valence-corrected chi connectivity index (χ0v) is 19.4. The molecule has 1 fully saturated rings. The van der Waals surface area contributed by atoms with Crippen molar-refractivity contribution in [3.63, 3.8) is 0 Å². The minimum Gasteiger partial charge on any atom is -0.368 e. The molecule has 0 radical (unpaired) electrons. The number of amides is 3. The number of carbonyl (C=O) groups excluding carboxylic acids is 2. The lowest BCUT2D eigenvalue weighted by Crippen LogP contribution is -2.48. The molecule has 0 saturated carbocycles. The Bertz CT molecular complexity index is 856. The lowest BCUT2D eigenvalue weighted by Gasteiger charge is -2.36. The Morgan fingerprint density at radius 2 is 1.34 bits per heavy atom. The maximum atomic E-state index is 12.4. The van der Waals surface area contributed by atoms with Crippen LogP contribution in [-0.4, -0.2) is 43.0 Å². The zero-order valence-electron chi connectivity index (χ0n) is 19.4. The Hall–Kier alpha value is -3.02. The first-order valence-corrected chi connectivity index (χ1v) is 11.8. The predicted molar refractivity (Wildman–Crippen MR) is 132 cm³/mol. The highest BCUT2D eigenvalue weighted by atomic mass is 16.2. The minimum absolute atomic E-state index is 0.261. The van der Waals surface area contributed by atoms with Gasteiger partial charge in [-0.2, -0.15) is 0 Å². The summed E-state index contributed by atoms with van der Waals surface area (Å²) in [7, 11) is 0. The summed E-state index contributed by atoms with van der Waals surface area (Å²) in [5, 5.41) is 5.71. The summed E-state index contributed by atoms with van der Waals surface area (Å²) in [6.45, 7) is 7.43. The first-order valence-electron chi connectivity index (χ1n) is 11.8. The van der Waals surface area contributed by atoms with E-state index in [1.165, 1.54) is 19.3 Å². The van der Waals surface area contributed by atoms with Gasteiger partial charge in [0.2, 0.25) is 5.91 Å². The molecule has 2 N–H and O–H groups in total. The van der Waals surface area contributed by atoms with E-state index in [4.69, 9.17) is 0 Å². The Morgan fingerprint density at radius 3 is 1.94 bits per heavy atom. The summed E-state index contributed by atoms with van der Waals surface area (Å²) in [6, 6.07) is 15.3. The SMILES string of the molecule is CCCCCCCC(=O)N1CCN(c2ccc(NC(=O)Nc3ccc(C)cc3)cc2)CC1. The molecule has 0 atom stereocenters. The van der Waals surface area contributed by atoms with Gasteiger partial charge in [0.05, 0.1) is 0 Å². The number of benzene rings is 2. The highest BCUT2D eigenvalue weighted by Gasteiger charge is 2.20. The van der Waals surface area contributed by atoms with E-state index in [9.17, 15) is 9.59 Å². The van der Waals surface area contributed by atoms with Crippen molar-refractivity contribution in [1.29, 1.82) is 0 Å². The van der Waals surface area contributed by atoms with Gasteiger partial charge < -0.3 is 20.4 Å². The molecule has 2 aromatic carbocycles. The van der Waals surface area contributed by atoms with Crippen molar-refractivity contribution in [2.24, 2.45) is 0 Å². The van der Waals surface area contributed by atoms with Gasteiger partial charge in [-0.05, 0) is 49.7 Å². The summed E-state index contributed by atoms with van der Waals surface area (Å²) in [4.78, 5) is 28.9. The van der Waals surface area contributed by atoms with Crippen molar-refractivity contribution in [1.82, 2.24) is 4.90 Å². The average Bonchev–Trinajstić information content (AvgIpc) is 2.81. The van der Waals surface area contributed by atoms with E-state index >= 15 is 0 Å². The fourth-order valence-corrected chi connectivity index (χ4v) is 3.94. The van der Waals surface area contributed by atoms with Gasteiger partial charge in [0, 0.05) is 49.7 Å². The van der Waals surface area contributed by atoms with E-state index in [0.717, 1.165) is 61.6 Å². The highest BCUT2D eigenvalue weighted by molar-refractivity contribution is 5.99. The number of hydrogen-bond donors (Lipinski definition) is 2. The number of carbonyl (C=O) groups is 2. The quantitative estimate of drug-likeness (QED) is 0.499. The standard InChI is InChI=1S/C26H36N4O2/c1-3-4-5-6-7-8-25(31)30-19-17-29(18-20-30)24-15-13-23(14-16-24)28-26(32)27-22-11-9-21(2)10-12-22/h9-16H,3-8,17-20H2,1-2H3,(H2,27,28,32). The summed E-state index contributed by atoms with van der Waals surface area (Å²) in [5.41, 5.74) is 3.77. The van der Waals surface area contributed by atoms with E-state index in [1.807, 2.05) is 60.4 Å². The molecule has 32 heavy (non-hydrogen) atoms. The number of unbranched alkanes of at least 4 members (excludes halogenated alkanes) is 4. The molecule has 1 saturated heterocycles. The van der Waals surface area contributed by atoms with Gasteiger partial charge in [0.15, 0.2) is 0 Å². The third-order valence-corrected chi connectivity index (χ3v) is 5.93. The van der Waals surface area contributed by atoms with Crippen molar-refractivity contribution in [3.8, 4) is 0 Å². The highest BCUT2D eigenvalue weighted by Crippen LogP contribution is 2.20. The maximum absolute atomic E-state index is 12.4. The molecule has 172 valence electrons. The van der Waals surface area contributed by atoms with E-state index < -0.39 is 0 Å². The number of rotatable bonds is 9. The Morgan fingerprint density at radius 1 is 0.781 bits per heavy atom. The molecule has 0 aliphatic carbocycles. The Kier molecular flexibility index (Phi) is 8.96. The lowest BCUT2D eigenvalue weighted by atomic mass is 10.1. The van der Waals surface area contributed by atoms with Crippen LogP contribution in [0.1, 0.15) is 51.0 Å². The fourth-order valence-electron chi connectivity index (χ4n) is 3.94. The molecule has 0 spiro atoms. The predicted octanol–water partition coefficient (Wildman–Crippen LogP) is 5.65. The Balaban J connectivity index is 1.41. The largest absolute Gasteiger partial charge is 0.368 e. The van der Waals surface area contributed by atoms with Crippen LogP contribution in [0.2, 0.25) is 0 Å². The summed E-state index contributed by atoms with van der Waals surface area (Å²) < 4.78 is 0. The van der Waals surface area contributed by atoms with Gasteiger partial charge >= 0.3 is 6.03 Å². The molecule has 0 unspecified atom stereocenters. The second-order valence-electron chi connectivity index (χ2n) is 8.52. The topological polar surface area (TPSA) is 64.7 Å². The molecular formula is C26H36N4O2. The third kappa shape index (κ3) is 7.29. The van der Waals surface area contributed by atoms with Gasteiger partial charge in [-0.15, -0.1) is 0 Å². The molecular weight excluding hydrogens is 400 g/mol. The van der Waals surface area contributed by atoms with Crippen LogP contribution >= 0.6 is 0 Å². The summed E-state index contributed by atoms with van der Waals surface area (Å²) in [6.07, 6.45) is 6.56. The number of hydrogen-bond acceptors (Lipinski definition) is 3. The van der Waals surface area contributed by atoms with Crippen LogP contribution in [0.5, 0.6) is 0 Å². The number of urea groups is 1. The van der Waals surface area contributed by atoms with E-state index in [1.54, 1.807) is 0 Å². The van der Waals surface area contributed by atoms with Gasteiger partial charge in [-0.25, -0.2) is 4.79 Å². The van der Waals surface area contributed by atoms with Crippen LogP contribution < -0.4 is 15.5 Å². The maximum Gasteiger partial charge on any atom is 0.323 e. The summed E-state index contributed by atoms with van der Waals surface area (Å²) in [5.74, 6) is 0.292. The monoisotopic (exact) mass is 436 g/mol. The molecule has 6 heteroatoms. The van der Waals surface area contributed by atoms with Crippen LogP contribution in [0.25, 0.3) is 0 Å². The van der Waals surface area contributed by atoms with Crippen LogP contribution in [0, 0.1) is 6.92 Å². The fraction of sp³-hybridized carbons (Fsp3) is 0.462. The number of aryl methyl sites for hydroxylation is 1. The van der Waals surface area contributed by atoms with E-state index in [0.29, 0.717) is 12.3 Å². The summed E-state index contributed by atoms with van der Waals surface area (Å²) >= 11 is 0. The number of nitrogens with one attached hydrogen (secondary N) is 2. The molecule has 1 aliphatic heterocycles. The van der Waals surface area contributed by atoms with Crippen molar-refractivity contribution < 1.29 is 9.59 Å². The number of anilines is 3. The van der Waals surface area contributed by atoms with Crippen molar-refractivity contribution in [2.45, 2.75) is 52.4 Å². The van der Waals surface area contributed by atoms with Crippen LogP contribution in [-0.2, 0) is 4.79 Å². The molecule has 2 aromatic rings. The molecule has 3 rings (SSSR count). The van der Waals surface area contributed by atoms with Crippen LogP contribution in [0.15, 0.2) is 48.5 Å². The second-order valence-corrected chi connectivity index (χ2v) is 8.52. The van der Waals surface area contributed by atoms with E-state index in [-0.39, 0.29) is 6.03 Å². The van der Waals surface area contributed by atoms with Crippen molar-refractivity contribution >= 4 is 29.0 Å². The molecule has 3 amide bonds. The normalized spacial score (nSPS) is 13.7. The van der Waals surface area contributed by atoms with E-state index in [2.05, 4.69) is 22.5 Å². The van der Waals surface area contributed by atoms with Gasteiger partial charge in [-0.1, -0.05) is 50.3 Å². The second kappa shape index (κ2) is 12.1. The first-order chi connectivity index (χ1) is 15.5.